The normalized spacial score (nSPS) is 15.0. The van der Waals surface area contributed by atoms with Gasteiger partial charge in [-0.3, -0.25) is 9.48 Å². The lowest BCUT2D eigenvalue weighted by Crippen LogP contribution is -2.16. The minimum absolute atomic E-state index is 0.250. The lowest BCUT2D eigenvalue weighted by atomic mass is 10.1. The molecule has 0 saturated heterocycles. The topological polar surface area (TPSA) is 71.2 Å². The van der Waals surface area contributed by atoms with Crippen molar-refractivity contribution >= 4 is 6.47 Å². The van der Waals surface area contributed by atoms with Crippen molar-refractivity contribution in [3.8, 4) is 11.4 Å². The highest BCUT2D eigenvalue weighted by atomic mass is 16.3. The Hall–Kier alpha value is -2.21. The van der Waals surface area contributed by atoms with Crippen molar-refractivity contribution in [2.45, 2.75) is 31.7 Å². The molecule has 1 aliphatic rings. The second-order valence-corrected chi connectivity index (χ2v) is 6.06. The van der Waals surface area contributed by atoms with E-state index in [0.717, 1.165) is 17.2 Å². The summed E-state index contributed by atoms with van der Waals surface area (Å²) >= 11 is 0. The van der Waals surface area contributed by atoms with E-state index < -0.39 is 0 Å². The number of aromatic nitrogens is 3. The molecule has 1 saturated carbocycles. The highest BCUT2D eigenvalue weighted by Crippen LogP contribution is 2.39. The maximum Gasteiger partial charge on any atom is 0.290 e. The summed E-state index contributed by atoms with van der Waals surface area (Å²) < 4.78 is 1.93. The number of aryl methyl sites for hydroxylation is 1. The van der Waals surface area contributed by atoms with Crippen molar-refractivity contribution in [2.75, 3.05) is 14.1 Å². The Morgan fingerprint density at radius 3 is 2.35 bits per heavy atom. The Bertz CT molecular complexity index is 645. The highest BCUT2D eigenvalue weighted by Gasteiger charge is 2.29. The van der Waals surface area contributed by atoms with E-state index in [1.807, 2.05) is 11.7 Å². The van der Waals surface area contributed by atoms with E-state index in [0.29, 0.717) is 12.0 Å². The molecule has 1 N–H and O–H groups in total. The van der Waals surface area contributed by atoms with E-state index in [4.69, 9.17) is 14.9 Å². The standard InChI is InChI=1S/C16H22N4.CH2O2/c1-11(19(2)3)12-5-7-13(8-6-12)15-17-16(14-9-10-14)20(4)18-15;2-1-3/h5-8,11,14H,9-10H2,1-4H3;1H,(H,2,3). The van der Waals surface area contributed by atoms with Crippen LogP contribution >= 0.6 is 0 Å². The van der Waals surface area contributed by atoms with Crippen molar-refractivity contribution in [1.82, 2.24) is 19.7 Å². The van der Waals surface area contributed by atoms with Crippen molar-refractivity contribution < 1.29 is 9.90 Å². The van der Waals surface area contributed by atoms with Crippen LogP contribution in [0.3, 0.4) is 0 Å². The fourth-order valence-electron chi connectivity index (χ4n) is 2.42. The second-order valence-electron chi connectivity index (χ2n) is 6.06. The molecule has 6 nitrogen and oxygen atoms in total. The molecular weight excluding hydrogens is 292 g/mol. The van der Waals surface area contributed by atoms with Crippen LogP contribution in [0.5, 0.6) is 0 Å². The van der Waals surface area contributed by atoms with E-state index >= 15 is 0 Å². The molecular formula is C17H24N4O2. The van der Waals surface area contributed by atoms with Crippen LogP contribution in [0.15, 0.2) is 24.3 Å². The highest BCUT2D eigenvalue weighted by molar-refractivity contribution is 5.55. The lowest BCUT2D eigenvalue weighted by Gasteiger charge is -2.20. The molecule has 1 heterocycles. The average molecular weight is 316 g/mol. The molecule has 23 heavy (non-hydrogen) atoms. The smallest absolute Gasteiger partial charge is 0.290 e. The molecule has 1 aromatic carbocycles. The van der Waals surface area contributed by atoms with Gasteiger partial charge in [0.2, 0.25) is 0 Å². The largest absolute Gasteiger partial charge is 0.483 e. The van der Waals surface area contributed by atoms with Gasteiger partial charge in [-0.05, 0) is 39.4 Å². The average Bonchev–Trinajstić information content (AvgIpc) is 3.30. The van der Waals surface area contributed by atoms with E-state index in [1.54, 1.807) is 0 Å². The number of benzene rings is 1. The summed E-state index contributed by atoms with van der Waals surface area (Å²) in [6.07, 6.45) is 2.51. The van der Waals surface area contributed by atoms with Crippen LogP contribution in [0.2, 0.25) is 0 Å². The molecule has 3 rings (SSSR count). The fourth-order valence-corrected chi connectivity index (χ4v) is 2.42. The van der Waals surface area contributed by atoms with Crippen molar-refractivity contribution in [3.63, 3.8) is 0 Å². The molecule has 2 aromatic rings. The van der Waals surface area contributed by atoms with Gasteiger partial charge in [0.25, 0.3) is 6.47 Å². The number of rotatable bonds is 4. The fraction of sp³-hybridized carbons (Fsp3) is 0.471. The lowest BCUT2D eigenvalue weighted by molar-refractivity contribution is -0.122. The van der Waals surface area contributed by atoms with Gasteiger partial charge in [0.05, 0.1) is 0 Å². The monoisotopic (exact) mass is 316 g/mol. The summed E-state index contributed by atoms with van der Waals surface area (Å²) in [5.41, 5.74) is 2.42. The van der Waals surface area contributed by atoms with Crippen molar-refractivity contribution in [1.29, 1.82) is 0 Å². The Morgan fingerprint density at radius 1 is 1.30 bits per heavy atom. The van der Waals surface area contributed by atoms with Crippen LogP contribution < -0.4 is 0 Å². The van der Waals surface area contributed by atoms with Crippen molar-refractivity contribution in [2.24, 2.45) is 7.05 Å². The van der Waals surface area contributed by atoms with E-state index in [-0.39, 0.29) is 6.47 Å². The van der Waals surface area contributed by atoms with Gasteiger partial charge >= 0.3 is 0 Å². The molecule has 1 atom stereocenters. The molecule has 6 heteroatoms. The van der Waals surface area contributed by atoms with Gasteiger partial charge < -0.3 is 10.0 Å². The van der Waals surface area contributed by atoms with E-state index in [9.17, 15) is 0 Å². The summed E-state index contributed by atoms with van der Waals surface area (Å²) in [6.45, 7) is 1.96. The molecule has 0 radical (unpaired) electrons. The second kappa shape index (κ2) is 7.37. The Kier molecular flexibility index (Phi) is 5.50. The van der Waals surface area contributed by atoms with Crippen LogP contribution in [-0.2, 0) is 11.8 Å². The summed E-state index contributed by atoms with van der Waals surface area (Å²) in [4.78, 5) is 15.3. The van der Waals surface area contributed by atoms with Crippen LogP contribution in [0.1, 0.15) is 43.1 Å². The minimum Gasteiger partial charge on any atom is -0.483 e. The third-order valence-electron chi connectivity index (χ3n) is 4.17. The quantitative estimate of drug-likeness (QED) is 0.878. The van der Waals surface area contributed by atoms with E-state index in [1.165, 1.54) is 18.4 Å². The number of carbonyl (C=O) groups is 1. The van der Waals surface area contributed by atoms with Crippen LogP contribution in [0.4, 0.5) is 0 Å². The number of nitrogens with zero attached hydrogens (tertiary/aromatic N) is 4. The SMILES string of the molecule is CC(c1ccc(-c2nc(C3CC3)n(C)n2)cc1)N(C)C.O=CO. The molecule has 0 amide bonds. The van der Waals surface area contributed by atoms with Crippen LogP contribution in [-0.4, -0.2) is 45.3 Å². The van der Waals surface area contributed by atoms with Gasteiger partial charge in [0.15, 0.2) is 5.82 Å². The maximum atomic E-state index is 8.36. The first-order valence-electron chi connectivity index (χ1n) is 7.73. The zero-order valence-corrected chi connectivity index (χ0v) is 14.1. The Balaban J connectivity index is 0.000000595. The maximum absolute atomic E-state index is 8.36. The Morgan fingerprint density at radius 2 is 1.87 bits per heavy atom. The molecule has 1 aliphatic carbocycles. The first kappa shape index (κ1) is 17.1. The molecule has 124 valence electrons. The van der Waals surface area contributed by atoms with Gasteiger partial charge in [-0.2, -0.15) is 5.10 Å². The van der Waals surface area contributed by atoms with Gasteiger partial charge in [-0.25, -0.2) is 4.98 Å². The zero-order chi connectivity index (χ0) is 17.0. The predicted octanol–water partition coefficient (Wildman–Crippen LogP) is 2.68. The predicted molar refractivity (Wildman–Crippen MR) is 89.2 cm³/mol. The Labute approximate surface area is 136 Å². The molecule has 0 aliphatic heterocycles. The third kappa shape index (κ3) is 4.16. The molecule has 1 unspecified atom stereocenters. The summed E-state index contributed by atoms with van der Waals surface area (Å²) in [7, 11) is 6.19. The van der Waals surface area contributed by atoms with Gasteiger partial charge in [0, 0.05) is 24.6 Å². The summed E-state index contributed by atoms with van der Waals surface area (Å²) in [5, 5.41) is 11.4. The third-order valence-corrected chi connectivity index (χ3v) is 4.17. The minimum atomic E-state index is -0.250. The molecule has 0 bridgehead atoms. The number of carboxylic acid groups (broad SMARTS) is 1. The molecule has 1 aromatic heterocycles. The van der Waals surface area contributed by atoms with Gasteiger partial charge in [-0.15, -0.1) is 0 Å². The number of hydrogen-bond donors (Lipinski definition) is 1. The summed E-state index contributed by atoms with van der Waals surface area (Å²) in [6, 6.07) is 9.02. The van der Waals surface area contributed by atoms with Crippen LogP contribution in [0.25, 0.3) is 11.4 Å². The molecule has 0 spiro atoms. The zero-order valence-electron chi connectivity index (χ0n) is 14.1. The number of hydrogen-bond acceptors (Lipinski definition) is 4. The van der Waals surface area contributed by atoms with Gasteiger partial charge in [0.1, 0.15) is 5.82 Å². The first-order chi connectivity index (χ1) is 11.0. The molecule has 1 fully saturated rings. The van der Waals surface area contributed by atoms with Gasteiger partial charge in [-0.1, -0.05) is 24.3 Å². The van der Waals surface area contributed by atoms with E-state index in [2.05, 4.69) is 55.3 Å². The van der Waals surface area contributed by atoms with Crippen LogP contribution in [0, 0.1) is 0 Å². The summed E-state index contributed by atoms with van der Waals surface area (Å²) in [5.74, 6) is 2.61. The first-order valence-corrected chi connectivity index (χ1v) is 7.73. The van der Waals surface area contributed by atoms with Crippen molar-refractivity contribution in [3.05, 3.63) is 35.7 Å².